The number of carbonyl (C=O) groups is 3. The normalized spacial score (nSPS) is 21.6. The van der Waals surface area contributed by atoms with Crippen LogP contribution in [0, 0.1) is 15.5 Å². The van der Waals surface area contributed by atoms with Crippen molar-refractivity contribution in [3.8, 4) is 0 Å². The monoisotopic (exact) mass is 346 g/mol. The SMILES string of the molecule is CCC[C@H]1N(C)c2ccc([N+](=O)[O-])cc2CC12C(=O)NC(=O)NC2=O. The molecule has 1 atom stereocenters. The van der Waals surface area contributed by atoms with Gasteiger partial charge in [0.2, 0.25) is 11.8 Å². The highest BCUT2D eigenvalue weighted by Gasteiger charge is 2.58. The number of rotatable bonds is 3. The van der Waals surface area contributed by atoms with Crippen LogP contribution in [0.2, 0.25) is 0 Å². The van der Waals surface area contributed by atoms with Gasteiger partial charge in [0.25, 0.3) is 5.69 Å². The number of barbiturate groups is 1. The predicted molar refractivity (Wildman–Crippen MR) is 88.0 cm³/mol. The summed E-state index contributed by atoms with van der Waals surface area (Å²) in [5.74, 6) is -1.33. The Labute approximate surface area is 143 Å². The number of non-ortho nitro benzene ring substituents is 1. The highest BCUT2D eigenvalue weighted by molar-refractivity contribution is 6.20. The smallest absolute Gasteiger partial charge is 0.328 e. The summed E-state index contributed by atoms with van der Waals surface area (Å²) < 4.78 is 0. The molecule has 0 bridgehead atoms. The molecule has 0 radical (unpaired) electrons. The van der Waals surface area contributed by atoms with Crippen LogP contribution in [-0.4, -0.2) is 35.9 Å². The van der Waals surface area contributed by atoms with E-state index in [1.54, 1.807) is 18.0 Å². The number of amides is 4. The number of carbonyl (C=O) groups excluding carboxylic acids is 3. The molecule has 4 amide bonds. The van der Waals surface area contributed by atoms with Crippen LogP contribution in [0.4, 0.5) is 16.2 Å². The van der Waals surface area contributed by atoms with E-state index in [-0.39, 0.29) is 12.1 Å². The predicted octanol–water partition coefficient (Wildman–Crippen LogP) is 1.11. The van der Waals surface area contributed by atoms with E-state index in [4.69, 9.17) is 0 Å². The Morgan fingerprint density at radius 2 is 1.92 bits per heavy atom. The Balaban J connectivity index is 2.16. The lowest BCUT2D eigenvalue weighted by Gasteiger charge is -2.49. The molecule has 0 saturated carbocycles. The number of urea groups is 1. The minimum atomic E-state index is -1.50. The molecular weight excluding hydrogens is 328 g/mol. The molecule has 1 aromatic rings. The van der Waals surface area contributed by atoms with Crippen LogP contribution in [0.1, 0.15) is 25.3 Å². The minimum absolute atomic E-state index is 0.00394. The minimum Gasteiger partial charge on any atom is -0.370 e. The molecule has 1 spiro atoms. The van der Waals surface area contributed by atoms with Gasteiger partial charge in [0.15, 0.2) is 5.41 Å². The van der Waals surface area contributed by atoms with Crippen LogP contribution >= 0.6 is 0 Å². The van der Waals surface area contributed by atoms with E-state index >= 15 is 0 Å². The fourth-order valence-electron chi connectivity index (χ4n) is 3.83. The number of nitro groups is 1. The van der Waals surface area contributed by atoms with Gasteiger partial charge in [0, 0.05) is 31.3 Å². The van der Waals surface area contributed by atoms with Crippen molar-refractivity contribution >= 4 is 29.2 Å². The molecule has 2 aliphatic rings. The summed E-state index contributed by atoms with van der Waals surface area (Å²) >= 11 is 0. The van der Waals surface area contributed by atoms with Crippen LogP contribution in [0.5, 0.6) is 0 Å². The summed E-state index contributed by atoms with van der Waals surface area (Å²) in [5.41, 5.74) is -0.333. The molecule has 2 N–H and O–H groups in total. The van der Waals surface area contributed by atoms with Crippen molar-refractivity contribution in [1.82, 2.24) is 10.6 Å². The van der Waals surface area contributed by atoms with Gasteiger partial charge < -0.3 is 4.90 Å². The summed E-state index contributed by atoms with van der Waals surface area (Å²) in [5, 5.41) is 15.4. The van der Waals surface area contributed by atoms with Gasteiger partial charge in [-0.1, -0.05) is 13.3 Å². The maximum Gasteiger partial charge on any atom is 0.328 e. The van der Waals surface area contributed by atoms with Gasteiger partial charge in [-0.05, 0) is 18.1 Å². The van der Waals surface area contributed by atoms with E-state index in [1.165, 1.54) is 12.1 Å². The van der Waals surface area contributed by atoms with Crippen LogP contribution in [0.15, 0.2) is 18.2 Å². The quantitative estimate of drug-likeness (QED) is 0.480. The molecule has 2 aliphatic heterocycles. The topological polar surface area (TPSA) is 122 Å². The summed E-state index contributed by atoms with van der Waals surface area (Å²) in [6, 6.07) is 3.11. The second-order valence-corrected chi connectivity index (χ2v) is 6.37. The zero-order chi connectivity index (χ0) is 18.4. The second kappa shape index (κ2) is 5.83. The van der Waals surface area contributed by atoms with Crippen LogP contribution in [-0.2, 0) is 16.0 Å². The molecular formula is C16H18N4O5. The Hall–Kier alpha value is -2.97. The van der Waals surface area contributed by atoms with Crippen molar-refractivity contribution < 1.29 is 19.3 Å². The maximum absolute atomic E-state index is 12.7. The molecule has 9 heteroatoms. The Morgan fingerprint density at radius 1 is 1.28 bits per heavy atom. The van der Waals surface area contributed by atoms with Gasteiger partial charge in [-0.15, -0.1) is 0 Å². The first-order valence-electron chi connectivity index (χ1n) is 7.98. The molecule has 3 rings (SSSR count). The number of fused-ring (bicyclic) bond motifs is 1. The van der Waals surface area contributed by atoms with E-state index in [0.717, 1.165) is 12.1 Å². The number of hydrogen-bond acceptors (Lipinski definition) is 6. The van der Waals surface area contributed by atoms with Crippen molar-refractivity contribution in [1.29, 1.82) is 0 Å². The third-order valence-corrected chi connectivity index (χ3v) is 4.99. The highest BCUT2D eigenvalue weighted by atomic mass is 16.6. The first kappa shape index (κ1) is 16.9. The molecule has 0 aliphatic carbocycles. The third kappa shape index (κ3) is 2.43. The lowest BCUT2D eigenvalue weighted by Crippen LogP contribution is -2.70. The zero-order valence-corrected chi connectivity index (χ0v) is 13.9. The van der Waals surface area contributed by atoms with E-state index < -0.39 is 34.2 Å². The molecule has 1 fully saturated rings. The summed E-state index contributed by atoms with van der Waals surface area (Å²) in [7, 11) is 1.75. The fraction of sp³-hybridized carbons (Fsp3) is 0.438. The van der Waals surface area contributed by atoms with E-state index in [9.17, 15) is 24.5 Å². The van der Waals surface area contributed by atoms with E-state index in [0.29, 0.717) is 12.0 Å². The van der Waals surface area contributed by atoms with Crippen molar-refractivity contribution in [2.24, 2.45) is 5.41 Å². The van der Waals surface area contributed by atoms with Crippen molar-refractivity contribution in [2.45, 2.75) is 32.2 Å². The Morgan fingerprint density at radius 3 is 2.48 bits per heavy atom. The summed E-state index contributed by atoms with van der Waals surface area (Å²) in [4.78, 5) is 49.2. The van der Waals surface area contributed by atoms with Crippen molar-refractivity contribution in [3.05, 3.63) is 33.9 Å². The van der Waals surface area contributed by atoms with Crippen molar-refractivity contribution in [2.75, 3.05) is 11.9 Å². The van der Waals surface area contributed by atoms with Gasteiger partial charge in [-0.2, -0.15) is 0 Å². The fourth-order valence-corrected chi connectivity index (χ4v) is 3.83. The van der Waals surface area contributed by atoms with Crippen molar-refractivity contribution in [3.63, 3.8) is 0 Å². The standard InChI is InChI=1S/C16H18N4O5/c1-3-4-12-16(13(21)17-15(23)18-14(16)22)8-9-7-10(20(24)25)5-6-11(9)19(12)2/h5-7,12H,3-4,8H2,1-2H3,(H2,17,18,21,22,23)/t12-/m1/s1. The average molecular weight is 346 g/mol. The van der Waals surface area contributed by atoms with Crippen LogP contribution in [0.25, 0.3) is 0 Å². The summed E-state index contributed by atoms with van der Waals surface area (Å²) in [6.45, 7) is 1.94. The molecule has 2 heterocycles. The lowest BCUT2D eigenvalue weighted by molar-refractivity contribution is -0.384. The third-order valence-electron chi connectivity index (χ3n) is 4.99. The number of nitrogens with zero attached hydrogens (tertiary/aromatic N) is 2. The number of nitrogens with one attached hydrogen (secondary N) is 2. The molecule has 0 aromatic heterocycles. The summed E-state index contributed by atoms with van der Waals surface area (Å²) in [6.07, 6.45) is 1.29. The molecule has 25 heavy (non-hydrogen) atoms. The van der Waals surface area contributed by atoms with Gasteiger partial charge in [0.05, 0.1) is 11.0 Å². The first-order chi connectivity index (χ1) is 11.8. The van der Waals surface area contributed by atoms with Crippen LogP contribution in [0.3, 0.4) is 0 Å². The molecule has 1 aromatic carbocycles. The van der Waals surface area contributed by atoms with Gasteiger partial charge in [-0.25, -0.2) is 4.79 Å². The number of anilines is 1. The maximum atomic E-state index is 12.7. The number of nitro benzene ring substituents is 1. The molecule has 0 unspecified atom stereocenters. The van der Waals surface area contributed by atoms with E-state index in [1.807, 2.05) is 6.92 Å². The Kier molecular flexibility index (Phi) is 3.94. The number of benzene rings is 1. The molecule has 9 nitrogen and oxygen atoms in total. The zero-order valence-electron chi connectivity index (χ0n) is 13.9. The average Bonchev–Trinajstić information content (AvgIpc) is 2.55. The number of imide groups is 2. The molecule has 1 saturated heterocycles. The van der Waals surface area contributed by atoms with Gasteiger partial charge >= 0.3 is 6.03 Å². The van der Waals surface area contributed by atoms with E-state index in [2.05, 4.69) is 10.6 Å². The van der Waals surface area contributed by atoms with Gasteiger partial charge in [-0.3, -0.25) is 30.3 Å². The second-order valence-electron chi connectivity index (χ2n) is 6.37. The number of hydrogen-bond donors (Lipinski definition) is 2. The van der Waals surface area contributed by atoms with Crippen LogP contribution < -0.4 is 15.5 Å². The largest absolute Gasteiger partial charge is 0.370 e. The Bertz CT molecular complexity index is 771. The lowest BCUT2D eigenvalue weighted by atomic mass is 9.67. The van der Waals surface area contributed by atoms with Gasteiger partial charge in [0.1, 0.15) is 0 Å². The first-order valence-corrected chi connectivity index (χ1v) is 7.98. The molecule has 132 valence electrons. The highest BCUT2D eigenvalue weighted by Crippen LogP contribution is 2.44.